The number of allylic oxidation sites excluding steroid dienone is 4. The maximum atomic E-state index is 14.0. The lowest BCUT2D eigenvalue weighted by molar-refractivity contribution is 0.0969. The molecular weight excluding hydrogens is 505 g/mol. The van der Waals surface area contributed by atoms with Crippen LogP contribution in [-0.4, -0.2) is 10.6 Å². The number of Topliss-reactive ketones (excluding diaryl/α,β-unsaturated/α-hetero) is 1. The van der Waals surface area contributed by atoms with Crippen LogP contribution >= 0.6 is 21.8 Å². The van der Waals surface area contributed by atoms with Gasteiger partial charge in [-0.3, -0.25) is 9.59 Å². The molecule has 1 aliphatic heterocycles. The van der Waals surface area contributed by atoms with Crippen LogP contribution in [0.2, 0.25) is 0 Å². The maximum Gasteiger partial charge on any atom is 0.195 e. The average molecular weight is 537 g/mol. The number of rotatable bonds is 5. The second-order valence-corrected chi connectivity index (χ2v) is 13.1. The second kappa shape index (κ2) is 9.91. The fraction of sp³-hybridized carbons (Fsp3) is 0.265. The van der Waals surface area contributed by atoms with Gasteiger partial charge in [-0.05, 0) is 83.1 Å². The molecule has 2 aliphatic rings. The first-order valence-corrected chi connectivity index (χ1v) is 15.7. The molecule has 2 heterocycles. The summed E-state index contributed by atoms with van der Waals surface area (Å²) in [6.07, 6.45) is 11.8. The molecule has 192 valence electrons. The van der Waals surface area contributed by atoms with E-state index in [-0.39, 0.29) is 17.1 Å². The number of ketones is 1. The van der Waals surface area contributed by atoms with E-state index in [9.17, 15) is 9.59 Å². The molecule has 6 rings (SSSR count). The Balaban J connectivity index is 1.67. The molecule has 4 aromatic rings. The lowest BCUT2D eigenvalue weighted by atomic mass is 9.89. The van der Waals surface area contributed by atoms with Gasteiger partial charge in [0.25, 0.3) is 0 Å². The van der Waals surface area contributed by atoms with Crippen LogP contribution in [0.5, 0.6) is 0 Å². The smallest absolute Gasteiger partial charge is 0.195 e. The zero-order valence-corrected chi connectivity index (χ0v) is 24.0. The van der Waals surface area contributed by atoms with E-state index in [1.807, 2.05) is 18.2 Å². The molecule has 0 amide bonds. The lowest BCUT2D eigenvalue weighted by Gasteiger charge is -2.31. The minimum Gasteiger partial charge on any atom is -0.293 e. The molecule has 2 atom stereocenters. The third-order valence-electron chi connectivity index (χ3n) is 7.89. The summed E-state index contributed by atoms with van der Waals surface area (Å²) < 4.78 is 2.14. The van der Waals surface area contributed by atoms with Crippen molar-refractivity contribution in [1.82, 2.24) is 0 Å². The maximum absolute atomic E-state index is 14.0. The normalized spacial score (nSPS) is 18.3. The Morgan fingerprint density at radius 3 is 2.26 bits per heavy atom. The standard InChI is InChI=1S/C34H32O2S2/c1-5-20-15-22(7-3)33-27(17-20)32(36)26-19-24(13-14-29(26)37-33)38-30-12-10-9-11-25(30)31(35)28-18-21(6-2)16-23(8-4)34(28)38/h9-19,25H,5-8H2,1-4H3. The van der Waals surface area contributed by atoms with E-state index in [2.05, 4.69) is 76.2 Å². The van der Waals surface area contributed by atoms with Crippen LogP contribution in [0.4, 0.5) is 0 Å². The highest BCUT2D eigenvalue weighted by Gasteiger charge is 2.34. The molecule has 0 spiro atoms. The predicted molar refractivity (Wildman–Crippen MR) is 165 cm³/mol. The molecule has 2 nitrogen and oxygen atoms in total. The van der Waals surface area contributed by atoms with Crippen molar-refractivity contribution < 1.29 is 4.79 Å². The number of carbonyl (C=O) groups excluding carboxylic acids is 1. The highest BCUT2D eigenvalue weighted by molar-refractivity contribution is 8.16. The van der Waals surface area contributed by atoms with Crippen molar-refractivity contribution >= 4 is 52.6 Å². The van der Waals surface area contributed by atoms with E-state index in [0.717, 1.165) is 66.1 Å². The van der Waals surface area contributed by atoms with Crippen LogP contribution < -0.4 is 5.43 Å². The Kier molecular flexibility index (Phi) is 6.57. The van der Waals surface area contributed by atoms with Gasteiger partial charge in [-0.25, -0.2) is 0 Å². The fourth-order valence-corrected chi connectivity index (χ4v) is 9.69. The Bertz CT molecular complexity index is 1800. The van der Waals surface area contributed by atoms with Gasteiger partial charge in [-0.1, -0.05) is 64.1 Å². The van der Waals surface area contributed by atoms with Crippen LogP contribution in [0.1, 0.15) is 60.3 Å². The molecule has 3 aromatic carbocycles. The zero-order chi connectivity index (χ0) is 26.6. The Labute approximate surface area is 230 Å². The van der Waals surface area contributed by atoms with E-state index >= 15 is 0 Å². The van der Waals surface area contributed by atoms with Gasteiger partial charge in [-0.15, -0.1) is 21.8 Å². The van der Waals surface area contributed by atoms with Crippen LogP contribution in [-0.2, 0) is 25.7 Å². The van der Waals surface area contributed by atoms with Gasteiger partial charge in [0.1, 0.15) is 0 Å². The minimum atomic E-state index is -0.428. The van der Waals surface area contributed by atoms with Gasteiger partial charge in [0.2, 0.25) is 0 Å². The molecule has 0 fully saturated rings. The van der Waals surface area contributed by atoms with Gasteiger partial charge in [0.05, 0.1) is 5.92 Å². The van der Waals surface area contributed by atoms with E-state index < -0.39 is 10.5 Å². The van der Waals surface area contributed by atoms with Crippen molar-refractivity contribution in [2.75, 3.05) is 0 Å². The third kappa shape index (κ3) is 3.88. The first-order valence-electron chi connectivity index (χ1n) is 13.7. The quantitative estimate of drug-likeness (QED) is 0.189. The summed E-state index contributed by atoms with van der Waals surface area (Å²) in [6.45, 7) is 8.63. The topological polar surface area (TPSA) is 34.1 Å². The molecule has 2 unspecified atom stereocenters. The summed E-state index contributed by atoms with van der Waals surface area (Å²) in [7, 11) is -0.428. The van der Waals surface area contributed by atoms with Crippen molar-refractivity contribution in [2.45, 2.75) is 63.2 Å². The van der Waals surface area contributed by atoms with Gasteiger partial charge >= 0.3 is 0 Å². The fourth-order valence-electron chi connectivity index (χ4n) is 5.79. The second-order valence-electron chi connectivity index (χ2n) is 10.1. The average Bonchev–Trinajstić information content (AvgIpc) is 2.96. The lowest BCUT2D eigenvalue weighted by Crippen LogP contribution is -2.28. The van der Waals surface area contributed by atoms with Crippen molar-refractivity contribution in [3.05, 3.63) is 105 Å². The molecule has 38 heavy (non-hydrogen) atoms. The highest BCUT2D eigenvalue weighted by Crippen LogP contribution is 2.49. The van der Waals surface area contributed by atoms with Crippen LogP contribution in [0.15, 0.2) is 81.4 Å². The molecule has 4 heteroatoms. The van der Waals surface area contributed by atoms with Crippen molar-refractivity contribution in [1.29, 1.82) is 0 Å². The number of carbonyl (C=O) groups is 1. The van der Waals surface area contributed by atoms with Gasteiger partial charge in [0.15, 0.2) is 11.2 Å². The SMILES string of the molecule is CCc1cc(CC)c2c(c1)C(=O)C1C=CC=CC1=S2c1ccc2sc3c(CC)cc(CC)cc3c(=O)c2c1. The Morgan fingerprint density at radius 2 is 1.53 bits per heavy atom. The first-order chi connectivity index (χ1) is 18.5. The first kappa shape index (κ1) is 25.2. The van der Waals surface area contributed by atoms with Gasteiger partial charge in [0, 0.05) is 35.5 Å². The molecule has 0 bridgehead atoms. The van der Waals surface area contributed by atoms with Crippen LogP contribution in [0.25, 0.3) is 20.2 Å². The summed E-state index contributed by atoms with van der Waals surface area (Å²) in [5, 5.41) is 1.63. The monoisotopic (exact) mass is 536 g/mol. The van der Waals surface area contributed by atoms with Crippen molar-refractivity contribution in [3.63, 3.8) is 0 Å². The van der Waals surface area contributed by atoms with E-state index in [1.54, 1.807) is 11.3 Å². The third-order valence-corrected chi connectivity index (χ3v) is 11.6. The highest BCUT2D eigenvalue weighted by atomic mass is 32.2. The van der Waals surface area contributed by atoms with E-state index in [0.29, 0.717) is 0 Å². The molecule has 0 saturated carbocycles. The Morgan fingerprint density at radius 1 is 0.789 bits per heavy atom. The number of aryl methyl sites for hydroxylation is 4. The zero-order valence-electron chi connectivity index (χ0n) is 22.4. The summed E-state index contributed by atoms with van der Waals surface area (Å²) in [6, 6.07) is 15.2. The summed E-state index contributed by atoms with van der Waals surface area (Å²) in [4.78, 5) is 31.1. The summed E-state index contributed by atoms with van der Waals surface area (Å²) in [5.41, 5.74) is 5.91. The van der Waals surface area contributed by atoms with E-state index in [1.165, 1.54) is 22.3 Å². The van der Waals surface area contributed by atoms with E-state index in [4.69, 9.17) is 0 Å². The molecule has 1 aromatic heterocycles. The minimum absolute atomic E-state index is 0.121. The number of fused-ring (bicyclic) bond motifs is 4. The number of benzene rings is 3. The molecule has 0 N–H and O–H groups in total. The molecule has 0 radical (unpaired) electrons. The number of hydrogen-bond acceptors (Lipinski definition) is 3. The molecule has 1 aliphatic carbocycles. The van der Waals surface area contributed by atoms with Gasteiger partial charge in [-0.2, -0.15) is 0 Å². The van der Waals surface area contributed by atoms with Crippen molar-refractivity contribution in [3.8, 4) is 0 Å². The van der Waals surface area contributed by atoms with Crippen LogP contribution in [0.3, 0.4) is 0 Å². The summed E-state index contributed by atoms with van der Waals surface area (Å²) >= 11 is 1.73. The largest absolute Gasteiger partial charge is 0.293 e. The van der Waals surface area contributed by atoms with Gasteiger partial charge < -0.3 is 0 Å². The number of hydrogen-bond donors (Lipinski definition) is 0. The van der Waals surface area contributed by atoms with Crippen molar-refractivity contribution in [2.24, 2.45) is 5.92 Å². The predicted octanol–water partition coefficient (Wildman–Crippen LogP) is 8.46. The molecule has 0 saturated heterocycles. The Hall–Kier alpha value is -3.08. The molecular formula is C34H32O2S2. The summed E-state index contributed by atoms with van der Waals surface area (Å²) in [5.74, 6) is -0.0456. The van der Waals surface area contributed by atoms with Crippen LogP contribution in [0, 0.1) is 5.92 Å².